The van der Waals surface area contributed by atoms with Crippen LogP contribution in [0.4, 0.5) is 0 Å². The van der Waals surface area contributed by atoms with Gasteiger partial charge in [-0.1, -0.05) is 11.6 Å². The molecule has 3 heterocycles. The molecule has 20 heavy (non-hydrogen) atoms. The maximum absolute atomic E-state index is 12.5. The van der Waals surface area contributed by atoms with Crippen LogP contribution < -0.4 is 5.56 Å². The minimum atomic E-state index is -0.413. The number of aromatic amines is 1. The Morgan fingerprint density at radius 2 is 2.40 bits per heavy atom. The van der Waals surface area contributed by atoms with E-state index in [2.05, 4.69) is 9.97 Å². The Hall–Kier alpha value is -1.66. The largest absolute Gasteiger partial charge is 0.329 e. The number of pyridine rings is 1. The van der Waals surface area contributed by atoms with Gasteiger partial charge in [0.15, 0.2) is 0 Å². The van der Waals surface area contributed by atoms with Crippen molar-refractivity contribution in [3.8, 4) is 0 Å². The molecular formula is C13H12ClN3O2S. The summed E-state index contributed by atoms with van der Waals surface area (Å²) in [6.07, 6.45) is 4.89. The van der Waals surface area contributed by atoms with E-state index in [9.17, 15) is 9.59 Å². The molecule has 104 valence electrons. The number of aromatic nitrogens is 2. The summed E-state index contributed by atoms with van der Waals surface area (Å²) in [6, 6.07) is 1.38. The molecule has 0 aromatic carbocycles. The number of carbonyl (C=O) groups is 1. The lowest BCUT2D eigenvalue weighted by Gasteiger charge is -2.22. The Bertz CT molecular complexity index is 683. The van der Waals surface area contributed by atoms with Gasteiger partial charge in [-0.25, -0.2) is 4.98 Å². The van der Waals surface area contributed by atoms with Crippen LogP contribution in [0, 0.1) is 0 Å². The smallest absolute Gasteiger partial charge is 0.260 e. The number of nitrogens with zero attached hydrogens (tertiary/aromatic N) is 2. The predicted octanol–water partition coefficient (Wildman–Crippen LogP) is 2.46. The van der Waals surface area contributed by atoms with Crippen molar-refractivity contribution in [3.05, 3.63) is 49.8 Å². The summed E-state index contributed by atoms with van der Waals surface area (Å²) in [5.41, 5.74) is -0.329. The summed E-state index contributed by atoms with van der Waals surface area (Å²) in [6.45, 7) is 0.634. The van der Waals surface area contributed by atoms with Crippen molar-refractivity contribution in [2.75, 3.05) is 6.54 Å². The average molecular weight is 310 g/mol. The van der Waals surface area contributed by atoms with Crippen LogP contribution in [-0.4, -0.2) is 27.3 Å². The van der Waals surface area contributed by atoms with Crippen molar-refractivity contribution in [2.24, 2.45) is 0 Å². The zero-order valence-corrected chi connectivity index (χ0v) is 12.1. The molecule has 0 saturated carbocycles. The molecule has 0 bridgehead atoms. The van der Waals surface area contributed by atoms with Crippen molar-refractivity contribution in [1.29, 1.82) is 0 Å². The van der Waals surface area contributed by atoms with Gasteiger partial charge in [-0.05, 0) is 18.9 Å². The summed E-state index contributed by atoms with van der Waals surface area (Å²) < 4.78 is 0. The van der Waals surface area contributed by atoms with Crippen LogP contribution in [0.3, 0.4) is 0 Å². The summed E-state index contributed by atoms with van der Waals surface area (Å²) >= 11 is 7.38. The van der Waals surface area contributed by atoms with Crippen molar-refractivity contribution in [2.45, 2.75) is 18.9 Å². The highest BCUT2D eigenvalue weighted by atomic mass is 35.5. The van der Waals surface area contributed by atoms with Gasteiger partial charge in [0.2, 0.25) is 0 Å². The van der Waals surface area contributed by atoms with E-state index < -0.39 is 5.56 Å². The van der Waals surface area contributed by atoms with Gasteiger partial charge in [0, 0.05) is 24.3 Å². The zero-order valence-electron chi connectivity index (χ0n) is 10.5. The molecule has 2 aromatic rings. The van der Waals surface area contributed by atoms with E-state index in [1.54, 1.807) is 11.1 Å². The number of thiazole rings is 1. The Labute approximate surface area is 124 Å². The van der Waals surface area contributed by atoms with E-state index in [-0.39, 0.29) is 17.5 Å². The van der Waals surface area contributed by atoms with Gasteiger partial charge < -0.3 is 9.88 Å². The van der Waals surface area contributed by atoms with Gasteiger partial charge >= 0.3 is 0 Å². The Morgan fingerprint density at radius 3 is 3.15 bits per heavy atom. The Balaban J connectivity index is 1.93. The number of amides is 1. The first-order valence-electron chi connectivity index (χ1n) is 6.25. The SMILES string of the molecule is O=C(c1cc(Cl)c[nH]c1=O)N1CCC[C@H]1c1nccs1. The predicted molar refractivity (Wildman–Crippen MR) is 77.2 cm³/mol. The molecule has 1 aliphatic rings. The number of H-pyrrole nitrogens is 1. The minimum absolute atomic E-state index is 0.0409. The molecule has 1 amide bonds. The van der Waals surface area contributed by atoms with Crippen molar-refractivity contribution in [1.82, 2.24) is 14.9 Å². The molecule has 3 rings (SSSR count). The number of nitrogens with one attached hydrogen (secondary N) is 1. The molecule has 1 atom stereocenters. The fourth-order valence-corrected chi connectivity index (χ4v) is 3.39. The van der Waals surface area contributed by atoms with Gasteiger partial charge in [-0.15, -0.1) is 11.3 Å². The summed E-state index contributed by atoms with van der Waals surface area (Å²) in [4.78, 5) is 32.8. The summed E-state index contributed by atoms with van der Waals surface area (Å²) in [5.74, 6) is -0.286. The van der Waals surface area contributed by atoms with Crippen molar-refractivity contribution >= 4 is 28.8 Å². The topological polar surface area (TPSA) is 66.1 Å². The number of hydrogen-bond acceptors (Lipinski definition) is 4. The molecule has 0 unspecified atom stereocenters. The third-order valence-electron chi connectivity index (χ3n) is 3.35. The van der Waals surface area contributed by atoms with Gasteiger partial charge in [-0.2, -0.15) is 0 Å². The number of likely N-dealkylation sites (tertiary alicyclic amines) is 1. The molecule has 2 aromatic heterocycles. The number of rotatable bonds is 2. The van der Waals surface area contributed by atoms with E-state index in [4.69, 9.17) is 11.6 Å². The van der Waals surface area contributed by atoms with E-state index in [0.717, 1.165) is 17.8 Å². The molecule has 1 N–H and O–H groups in total. The standard InChI is InChI=1S/C13H12ClN3O2S/c14-8-6-9(11(18)16-7-8)13(19)17-4-1-2-10(17)12-15-3-5-20-12/h3,5-7,10H,1-2,4H2,(H,16,18)/t10-/m0/s1. The van der Waals surface area contributed by atoms with Crippen LogP contribution in [0.15, 0.2) is 28.6 Å². The van der Waals surface area contributed by atoms with Crippen molar-refractivity contribution < 1.29 is 4.79 Å². The second-order valence-electron chi connectivity index (χ2n) is 4.59. The first-order valence-corrected chi connectivity index (χ1v) is 7.51. The number of carbonyl (C=O) groups excluding carboxylic acids is 1. The number of halogens is 1. The quantitative estimate of drug-likeness (QED) is 0.926. The van der Waals surface area contributed by atoms with Crippen molar-refractivity contribution in [3.63, 3.8) is 0 Å². The normalized spacial score (nSPS) is 18.4. The molecule has 1 fully saturated rings. The third-order valence-corrected chi connectivity index (χ3v) is 4.44. The van der Waals surface area contributed by atoms with Crippen LogP contribution in [0.2, 0.25) is 5.02 Å². The van der Waals surface area contributed by atoms with E-state index in [1.165, 1.54) is 23.6 Å². The van der Waals surface area contributed by atoms with E-state index in [1.807, 2.05) is 5.38 Å². The lowest BCUT2D eigenvalue weighted by Crippen LogP contribution is -2.34. The highest BCUT2D eigenvalue weighted by Gasteiger charge is 2.33. The molecule has 0 radical (unpaired) electrons. The highest BCUT2D eigenvalue weighted by molar-refractivity contribution is 7.09. The highest BCUT2D eigenvalue weighted by Crippen LogP contribution is 2.33. The first kappa shape index (κ1) is 13.3. The van der Waals surface area contributed by atoms with Crippen LogP contribution in [0.5, 0.6) is 0 Å². The lowest BCUT2D eigenvalue weighted by molar-refractivity contribution is 0.0733. The van der Waals surface area contributed by atoms with Gasteiger partial charge in [-0.3, -0.25) is 9.59 Å². The molecule has 0 aliphatic carbocycles. The minimum Gasteiger partial charge on any atom is -0.329 e. The Kier molecular flexibility index (Phi) is 3.58. The molecular weight excluding hydrogens is 298 g/mol. The van der Waals surface area contributed by atoms with Gasteiger partial charge in [0.25, 0.3) is 11.5 Å². The molecule has 1 aliphatic heterocycles. The molecule has 7 heteroatoms. The zero-order chi connectivity index (χ0) is 14.1. The average Bonchev–Trinajstić information content (AvgIpc) is 3.10. The first-order chi connectivity index (χ1) is 9.66. The second kappa shape index (κ2) is 5.38. The van der Waals surface area contributed by atoms with Gasteiger partial charge in [0.05, 0.1) is 11.1 Å². The van der Waals surface area contributed by atoms with Gasteiger partial charge in [0.1, 0.15) is 10.6 Å². The van der Waals surface area contributed by atoms with Crippen LogP contribution in [0.25, 0.3) is 0 Å². The molecule has 5 nitrogen and oxygen atoms in total. The fourth-order valence-electron chi connectivity index (χ4n) is 2.44. The summed E-state index contributed by atoms with van der Waals surface area (Å²) in [7, 11) is 0. The lowest BCUT2D eigenvalue weighted by atomic mass is 10.2. The maximum Gasteiger partial charge on any atom is 0.260 e. The Morgan fingerprint density at radius 1 is 1.55 bits per heavy atom. The van der Waals surface area contributed by atoms with Crippen LogP contribution >= 0.6 is 22.9 Å². The molecule has 1 saturated heterocycles. The summed E-state index contributed by atoms with van der Waals surface area (Å²) in [5, 5.41) is 3.15. The fraction of sp³-hybridized carbons (Fsp3) is 0.308. The maximum atomic E-state index is 12.5. The van der Waals surface area contributed by atoms with E-state index in [0.29, 0.717) is 11.6 Å². The van der Waals surface area contributed by atoms with E-state index >= 15 is 0 Å². The molecule has 0 spiro atoms. The van der Waals surface area contributed by atoms with Crippen LogP contribution in [0.1, 0.15) is 34.2 Å². The van der Waals surface area contributed by atoms with Crippen LogP contribution in [-0.2, 0) is 0 Å². The monoisotopic (exact) mass is 309 g/mol. The second-order valence-corrected chi connectivity index (χ2v) is 5.95. The third kappa shape index (κ3) is 2.36. The number of hydrogen-bond donors (Lipinski definition) is 1.